The van der Waals surface area contributed by atoms with Gasteiger partial charge in [-0.25, -0.2) is 23.0 Å². The Morgan fingerprint density at radius 1 is 1.11 bits per heavy atom. The summed E-state index contributed by atoms with van der Waals surface area (Å²) >= 11 is 0. The van der Waals surface area contributed by atoms with Crippen LogP contribution in [0.4, 0.5) is 18.9 Å². The van der Waals surface area contributed by atoms with Gasteiger partial charge in [0.15, 0.2) is 11.6 Å². The van der Waals surface area contributed by atoms with E-state index in [4.69, 9.17) is 4.74 Å². The van der Waals surface area contributed by atoms with Crippen molar-refractivity contribution in [3.8, 4) is 0 Å². The van der Waals surface area contributed by atoms with Crippen LogP contribution in [0, 0.1) is 31.3 Å². The molecule has 0 heterocycles. The molecule has 0 fully saturated rings. The first kappa shape index (κ1) is 20.5. The molecular formula is C20H21F3N2O2. The van der Waals surface area contributed by atoms with Gasteiger partial charge in [-0.3, -0.25) is 0 Å². The third kappa shape index (κ3) is 4.67. The predicted octanol–water partition coefficient (Wildman–Crippen LogP) is 4.69. The van der Waals surface area contributed by atoms with Crippen LogP contribution < -0.4 is 0 Å². The number of ether oxygens (including phenoxy) is 1. The number of carbonyl (C=O) groups excluding carboxylic acids is 1. The van der Waals surface area contributed by atoms with Crippen LogP contribution in [-0.4, -0.2) is 30.8 Å². The fourth-order valence-electron chi connectivity index (χ4n) is 2.33. The number of carbonyl (C=O) groups is 1. The van der Waals surface area contributed by atoms with Crippen molar-refractivity contribution in [2.75, 3.05) is 13.6 Å². The molecule has 2 aromatic carbocycles. The molecule has 0 saturated carbocycles. The Morgan fingerprint density at radius 3 is 2.44 bits per heavy atom. The van der Waals surface area contributed by atoms with E-state index < -0.39 is 35.6 Å². The summed E-state index contributed by atoms with van der Waals surface area (Å²) in [5, 5.41) is 0. The van der Waals surface area contributed by atoms with Crippen LogP contribution in [0.5, 0.6) is 0 Å². The monoisotopic (exact) mass is 378 g/mol. The molecule has 4 nitrogen and oxygen atoms in total. The summed E-state index contributed by atoms with van der Waals surface area (Å²) in [4.78, 5) is 18.6. The quantitative estimate of drug-likeness (QED) is 0.317. The molecule has 7 heteroatoms. The highest BCUT2D eigenvalue weighted by atomic mass is 19.2. The van der Waals surface area contributed by atoms with Gasteiger partial charge in [-0.15, -0.1) is 0 Å². The van der Waals surface area contributed by atoms with Gasteiger partial charge < -0.3 is 9.64 Å². The van der Waals surface area contributed by atoms with Crippen LogP contribution in [0.2, 0.25) is 0 Å². The SMILES string of the molecule is CCN(C)C=Nc1ccc(C(=O)OCc2c(F)ccc(F)c2F)c(C)c1C. The maximum Gasteiger partial charge on any atom is 0.338 e. The van der Waals surface area contributed by atoms with Crippen LogP contribution >= 0.6 is 0 Å². The van der Waals surface area contributed by atoms with Gasteiger partial charge >= 0.3 is 5.97 Å². The maximum absolute atomic E-state index is 13.7. The lowest BCUT2D eigenvalue weighted by Gasteiger charge is -2.13. The highest BCUT2D eigenvalue weighted by Crippen LogP contribution is 2.25. The van der Waals surface area contributed by atoms with Crippen LogP contribution in [0.15, 0.2) is 29.3 Å². The Balaban J connectivity index is 2.19. The summed E-state index contributed by atoms with van der Waals surface area (Å²) in [5.74, 6) is -4.28. The summed E-state index contributed by atoms with van der Waals surface area (Å²) < 4.78 is 45.5. The van der Waals surface area contributed by atoms with E-state index in [1.807, 2.05) is 25.8 Å². The third-order valence-corrected chi connectivity index (χ3v) is 4.36. The summed E-state index contributed by atoms with van der Waals surface area (Å²) in [6.07, 6.45) is 1.69. The molecule has 27 heavy (non-hydrogen) atoms. The van der Waals surface area contributed by atoms with Gasteiger partial charge in [0.25, 0.3) is 0 Å². The molecule has 0 bridgehead atoms. The zero-order valence-corrected chi connectivity index (χ0v) is 15.6. The van der Waals surface area contributed by atoms with Crippen molar-refractivity contribution in [2.45, 2.75) is 27.4 Å². The lowest BCUT2D eigenvalue weighted by Crippen LogP contribution is -2.14. The first-order chi connectivity index (χ1) is 12.8. The molecule has 0 radical (unpaired) electrons. The van der Waals surface area contributed by atoms with Crippen molar-refractivity contribution >= 4 is 18.0 Å². The number of benzene rings is 2. The molecule has 0 aliphatic carbocycles. The van der Waals surface area contributed by atoms with Crippen molar-refractivity contribution in [1.29, 1.82) is 0 Å². The van der Waals surface area contributed by atoms with Gasteiger partial charge in [0.05, 0.1) is 23.2 Å². The minimum absolute atomic E-state index is 0.257. The molecule has 0 spiro atoms. The van der Waals surface area contributed by atoms with Gasteiger partial charge in [-0.05, 0) is 56.2 Å². The third-order valence-electron chi connectivity index (χ3n) is 4.36. The average Bonchev–Trinajstić information content (AvgIpc) is 2.65. The largest absolute Gasteiger partial charge is 0.457 e. The second-order valence-electron chi connectivity index (χ2n) is 6.10. The molecule has 0 aliphatic rings. The first-order valence-corrected chi connectivity index (χ1v) is 8.40. The molecule has 0 amide bonds. The fourth-order valence-corrected chi connectivity index (χ4v) is 2.33. The van der Waals surface area contributed by atoms with E-state index in [1.165, 1.54) is 0 Å². The Morgan fingerprint density at radius 2 is 1.78 bits per heavy atom. The molecule has 2 aromatic rings. The Hall–Kier alpha value is -2.83. The molecule has 0 atom stereocenters. The number of esters is 1. The molecule has 0 aromatic heterocycles. The number of hydrogen-bond donors (Lipinski definition) is 0. The maximum atomic E-state index is 13.7. The molecule has 144 valence electrons. The van der Waals surface area contributed by atoms with Crippen molar-refractivity contribution in [3.63, 3.8) is 0 Å². The normalized spacial score (nSPS) is 11.1. The first-order valence-electron chi connectivity index (χ1n) is 8.40. The number of rotatable bonds is 6. The van der Waals surface area contributed by atoms with Crippen molar-refractivity contribution in [3.05, 3.63) is 64.0 Å². The van der Waals surface area contributed by atoms with Gasteiger partial charge in [0.1, 0.15) is 12.4 Å². The highest BCUT2D eigenvalue weighted by molar-refractivity contribution is 5.92. The molecule has 0 aliphatic heterocycles. The molecule has 2 rings (SSSR count). The van der Waals surface area contributed by atoms with Gasteiger partial charge in [0.2, 0.25) is 0 Å². The zero-order chi connectivity index (χ0) is 20.1. The summed E-state index contributed by atoms with van der Waals surface area (Å²) in [7, 11) is 1.89. The van der Waals surface area contributed by atoms with E-state index in [0.717, 1.165) is 18.2 Å². The number of nitrogens with zero attached hydrogens (tertiary/aromatic N) is 2. The van der Waals surface area contributed by atoms with Gasteiger partial charge in [-0.1, -0.05) is 0 Å². The number of hydrogen-bond acceptors (Lipinski definition) is 3. The lowest BCUT2D eigenvalue weighted by atomic mass is 10.0. The van der Waals surface area contributed by atoms with Crippen LogP contribution in [0.25, 0.3) is 0 Å². The van der Waals surface area contributed by atoms with E-state index in [1.54, 1.807) is 25.4 Å². The van der Waals surface area contributed by atoms with Crippen LogP contribution in [0.1, 0.15) is 34.0 Å². The van der Waals surface area contributed by atoms with E-state index in [9.17, 15) is 18.0 Å². The van der Waals surface area contributed by atoms with Gasteiger partial charge in [0, 0.05) is 13.6 Å². The molecule has 0 saturated heterocycles. The van der Waals surface area contributed by atoms with E-state index >= 15 is 0 Å². The highest BCUT2D eigenvalue weighted by Gasteiger charge is 2.18. The average molecular weight is 378 g/mol. The predicted molar refractivity (Wildman–Crippen MR) is 97.8 cm³/mol. The minimum atomic E-state index is -1.36. The lowest BCUT2D eigenvalue weighted by molar-refractivity contribution is 0.0463. The second-order valence-corrected chi connectivity index (χ2v) is 6.10. The Bertz CT molecular complexity index is 882. The van der Waals surface area contributed by atoms with E-state index in [-0.39, 0.29) is 5.56 Å². The van der Waals surface area contributed by atoms with E-state index in [2.05, 4.69) is 4.99 Å². The second kappa shape index (κ2) is 8.70. The Labute approximate surface area is 156 Å². The van der Waals surface area contributed by atoms with Crippen molar-refractivity contribution in [2.24, 2.45) is 4.99 Å². The van der Waals surface area contributed by atoms with Crippen molar-refractivity contribution in [1.82, 2.24) is 4.90 Å². The Kier molecular flexibility index (Phi) is 6.60. The van der Waals surface area contributed by atoms with Gasteiger partial charge in [-0.2, -0.15) is 0 Å². The summed E-state index contributed by atoms with van der Waals surface area (Å²) in [5.41, 5.74) is 1.77. The fraction of sp³-hybridized carbons (Fsp3) is 0.300. The zero-order valence-electron chi connectivity index (χ0n) is 15.6. The summed E-state index contributed by atoms with van der Waals surface area (Å²) in [6.45, 7) is 5.65. The van der Waals surface area contributed by atoms with Crippen LogP contribution in [0.3, 0.4) is 0 Å². The van der Waals surface area contributed by atoms with Crippen LogP contribution in [-0.2, 0) is 11.3 Å². The standard InChI is InChI=1S/C20H21F3N2O2/c1-5-25(4)11-24-18-9-6-14(12(2)13(18)3)20(26)27-10-15-16(21)7-8-17(22)19(15)23/h6-9,11H,5,10H2,1-4H3. The number of halogens is 3. The summed E-state index contributed by atoms with van der Waals surface area (Å²) in [6, 6.07) is 4.68. The smallest absolute Gasteiger partial charge is 0.338 e. The molecule has 0 unspecified atom stereocenters. The molecular weight excluding hydrogens is 357 g/mol. The molecule has 0 N–H and O–H groups in total. The number of aliphatic imine (C=N–C) groups is 1. The minimum Gasteiger partial charge on any atom is -0.457 e. The topological polar surface area (TPSA) is 41.9 Å². The van der Waals surface area contributed by atoms with Crippen molar-refractivity contribution < 1.29 is 22.7 Å². The van der Waals surface area contributed by atoms with E-state index in [0.29, 0.717) is 17.3 Å².